The lowest BCUT2D eigenvalue weighted by Gasteiger charge is -2.09. The smallest absolute Gasteiger partial charge is 0.255 e. The van der Waals surface area contributed by atoms with Gasteiger partial charge in [-0.25, -0.2) is 0 Å². The molecular weight excluding hydrogens is 300 g/mol. The highest BCUT2D eigenvalue weighted by atomic mass is 35.5. The van der Waals surface area contributed by atoms with Gasteiger partial charge in [0.2, 0.25) is 5.91 Å². The van der Waals surface area contributed by atoms with Crippen molar-refractivity contribution < 1.29 is 9.59 Å². The second-order valence-electron chi connectivity index (χ2n) is 5.28. The molecule has 5 heteroatoms. The number of carbonyl (C=O) groups is 2. The van der Waals surface area contributed by atoms with Gasteiger partial charge in [0.15, 0.2) is 0 Å². The van der Waals surface area contributed by atoms with Crippen LogP contribution in [0.15, 0.2) is 48.5 Å². The minimum atomic E-state index is -0.268. The molecule has 22 heavy (non-hydrogen) atoms. The summed E-state index contributed by atoms with van der Waals surface area (Å²) in [6, 6.07) is 13.9. The first-order valence-electron chi connectivity index (χ1n) is 7.10. The first kappa shape index (κ1) is 14.6. The molecule has 0 unspecified atom stereocenters. The molecule has 4 nitrogen and oxygen atoms in total. The summed E-state index contributed by atoms with van der Waals surface area (Å²) in [7, 11) is 0. The first-order valence-corrected chi connectivity index (χ1v) is 7.48. The summed E-state index contributed by atoms with van der Waals surface area (Å²) in [5, 5.41) is 6.07. The van der Waals surface area contributed by atoms with E-state index in [0.29, 0.717) is 22.0 Å². The van der Waals surface area contributed by atoms with Crippen LogP contribution < -0.4 is 10.6 Å². The largest absolute Gasteiger partial charge is 0.326 e. The van der Waals surface area contributed by atoms with Crippen LogP contribution in [0, 0.1) is 5.92 Å². The molecule has 112 valence electrons. The highest BCUT2D eigenvalue weighted by molar-refractivity contribution is 6.33. The van der Waals surface area contributed by atoms with Crippen molar-refractivity contribution >= 4 is 34.8 Å². The van der Waals surface area contributed by atoms with Gasteiger partial charge < -0.3 is 10.6 Å². The molecule has 1 aliphatic carbocycles. The number of hydrogen-bond acceptors (Lipinski definition) is 2. The quantitative estimate of drug-likeness (QED) is 0.898. The van der Waals surface area contributed by atoms with Crippen molar-refractivity contribution in [2.24, 2.45) is 5.92 Å². The zero-order valence-electron chi connectivity index (χ0n) is 11.8. The van der Waals surface area contributed by atoms with Gasteiger partial charge in [0.25, 0.3) is 5.91 Å². The molecule has 0 bridgehead atoms. The Balaban J connectivity index is 1.72. The highest BCUT2D eigenvalue weighted by Crippen LogP contribution is 2.30. The lowest BCUT2D eigenvalue weighted by Crippen LogP contribution is -2.15. The Hall–Kier alpha value is -2.33. The van der Waals surface area contributed by atoms with E-state index in [9.17, 15) is 9.59 Å². The Bertz CT molecular complexity index is 726. The summed E-state index contributed by atoms with van der Waals surface area (Å²) < 4.78 is 0. The van der Waals surface area contributed by atoms with Gasteiger partial charge in [0.1, 0.15) is 0 Å². The van der Waals surface area contributed by atoms with Gasteiger partial charge in [-0.2, -0.15) is 0 Å². The Labute approximate surface area is 133 Å². The molecule has 1 saturated carbocycles. The fraction of sp³-hybridized carbons (Fsp3) is 0.176. The average molecular weight is 315 g/mol. The van der Waals surface area contributed by atoms with Crippen molar-refractivity contribution in [2.75, 3.05) is 10.6 Å². The molecule has 1 fully saturated rings. The average Bonchev–Trinajstić information content (AvgIpc) is 3.34. The van der Waals surface area contributed by atoms with E-state index in [2.05, 4.69) is 10.6 Å². The third-order valence-corrected chi connectivity index (χ3v) is 3.79. The Morgan fingerprint density at radius 1 is 1.00 bits per heavy atom. The van der Waals surface area contributed by atoms with Gasteiger partial charge in [0, 0.05) is 17.2 Å². The summed E-state index contributed by atoms with van der Waals surface area (Å²) in [5.41, 5.74) is 1.65. The molecule has 0 aromatic heterocycles. The zero-order valence-corrected chi connectivity index (χ0v) is 12.6. The molecule has 0 spiro atoms. The predicted molar refractivity (Wildman–Crippen MR) is 87.2 cm³/mol. The second-order valence-corrected chi connectivity index (χ2v) is 5.69. The molecule has 0 saturated heterocycles. The van der Waals surface area contributed by atoms with E-state index in [1.165, 1.54) is 0 Å². The van der Waals surface area contributed by atoms with Crippen LogP contribution in [0.1, 0.15) is 23.2 Å². The van der Waals surface area contributed by atoms with Crippen molar-refractivity contribution in [3.8, 4) is 0 Å². The van der Waals surface area contributed by atoms with Crippen LogP contribution in [-0.4, -0.2) is 11.8 Å². The van der Waals surface area contributed by atoms with E-state index in [1.807, 2.05) is 0 Å². The van der Waals surface area contributed by atoms with Crippen LogP contribution >= 0.6 is 11.6 Å². The number of carbonyl (C=O) groups excluding carboxylic acids is 2. The number of benzene rings is 2. The normalized spacial score (nSPS) is 13.5. The van der Waals surface area contributed by atoms with E-state index in [1.54, 1.807) is 48.5 Å². The number of halogens is 1. The Morgan fingerprint density at radius 3 is 2.50 bits per heavy atom. The Kier molecular flexibility index (Phi) is 4.11. The molecule has 0 radical (unpaired) electrons. The highest BCUT2D eigenvalue weighted by Gasteiger charge is 2.29. The fourth-order valence-electron chi connectivity index (χ4n) is 2.09. The monoisotopic (exact) mass is 314 g/mol. The number of para-hydroxylation sites is 1. The van der Waals surface area contributed by atoms with Crippen molar-refractivity contribution in [3.63, 3.8) is 0 Å². The zero-order chi connectivity index (χ0) is 15.5. The summed E-state index contributed by atoms with van der Waals surface area (Å²) in [6.07, 6.45) is 1.89. The van der Waals surface area contributed by atoms with Crippen molar-refractivity contribution in [1.82, 2.24) is 0 Å². The first-order chi connectivity index (χ1) is 10.6. The van der Waals surface area contributed by atoms with E-state index in [4.69, 9.17) is 11.6 Å². The summed E-state index contributed by atoms with van der Waals surface area (Å²) in [5.74, 6) is -0.125. The molecule has 0 atom stereocenters. The van der Waals surface area contributed by atoms with E-state index in [-0.39, 0.29) is 17.7 Å². The maximum Gasteiger partial charge on any atom is 0.255 e. The molecule has 0 heterocycles. The number of nitrogens with one attached hydrogen (secondary N) is 2. The van der Waals surface area contributed by atoms with Crippen LogP contribution in [0.5, 0.6) is 0 Å². The maximum atomic E-state index is 12.3. The number of rotatable bonds is 4. The van der Waals surface area contributed by atoms with Crippen LogP contribution in [-0.2, 0) is 4.79 Å². The van der Waals surface area contributed by atoms with Gasteiger partial charge in [0.05, 0.1) is 10.7 Å². The molecular formula is C17H15ClN2O2. The second kappa shape index (κ2) is 6.20. The molecule has 2 aromatic rings. The van der Waals surface area contributed by atoms with Crippen molar-refractivity contribution in [1.29, 1.82) is 0 Å². The van der Waals surface area contributed by atoms with Gasteiger partial charge in [-0.15, -0.1) is 0 Å². The predicted octanol–water partition coefficient (Wildman–Crippen LogP) is 3.94. The lowest BCUT2D eigenvalue weighted by atomic mass is 10.1. The lowest BCUT2D eigenvalue weighted by molar-refractivity contribution is -0.117. The van der Waals surface area contributed by atoms with Gasteiger partial charge in [-0.05, 0) is 43.2 Å². The van der Waals surface area contributed by atoms with Crippen LogP contribution in [0.2, 0.25) is 5.02 Å². The standard InChI is InChI=1S/C17H15ClN2O2/c18-14-6-1-2-7-15(14)20-17(22)12-4-3-5-13(10-12)19-16(21)11-8-9-11/h1-7,10-11H,8-9H2,(H,19,21)(H,20,22). The molecule has 2 N–H and O–H groups in total. The molecule has 2 aromatic carbocycles. The molecule has 1 aliphatic rings. The van der Waals surface area contributed by atoms with Crippen molar-refractivity contribution in [3.05, 3.63) is 59.1 Å². The van der Waals surface area contributed by atoms with E-state index >= 15 is 0 Å². The molecule has 2 amide bonds. The third-order valence-electron chi connectivity index (χ3n) is 3.46. The van der Waals surface area contributed by atoms with Crippen LogP contribution in [0.4, 0.5) is 11.4 Å². The molecule has 0 aliphatic heterocycles. The summed E-state index contributed by atoms with van der Waals surface area (Å²) in [6.45, 7) is 0. The number of hydrogen-bond donors (Lipinski definition) is 2. The van der Waals surface area contributed by atoms with Crippen molar-refractivity contribution in [2.45, 2.75) is 12.8 Å². The molecule has 3 rings (SSSR count). The maximum absolute atomic E-state index is 12.3. The number of anilines is 2. The van der Waals surface area contributed by atoms with Gasteiger partial charge in [-0.3, -0.25) is 9.59 Å². The van der Waals surface area contributed by atoms with Gasteiger partial charge >= 0.3 is 0 Å². The van der Waals surface area contributed by atoms with Gasteiger partial charge in [-0.1, -0.05) is 29.8 Å². The Morgan fingerprint density at radius 2 is 1.77 bits per heavy atom. The van der Waals surface area contributed by atoms with Crippen LogP contribution in [0.3, 0.4) is 0 Å². The number of amides is 2. The summed E-state index contributed by atoms with van der Waals surface area (Å²) in [4.78, 5) is 24.0. The van der Waals surface area contributed by atoms with E-state index in [0.717, 1.165) is 12.8 Å². The summed E-state index contributed by atoms with van der Waals surface area (Å²) >= 11 is 6.03. The third kappa shape index (κ3) is 3.46. The minimum absolute atomic E-state index is 0.0173. The fourth-order valence-corrected chi connectivity index (χ4v) is 2.27. The SMILES string of the molecule is O=C(Nc1ccccc1Cl)c1cccc(NC(=O)C2CC2)c1. The minimum Gasteiger partial charge on any atom is -0.326 e. The van der Waals surface area contributed by atoms with E-state index < -0.39 is 0 Å². The van der Waals surface area contributed by atoms with Crippen LogP contribution in [0.25, 0.3) is 0 Å². The topological polar surface area (TPSA) is 58.2 Å².